The van der Waals surface area contributed by atoms with E-state index in [-0.39, 0.29) is 11.7 Å². The second-order valence-electron chi connectivity index (χ2n) is 4.82. The van der Waals surface area contributed by atoms with Crippen LogP contribution in [0.2, 0.25) is 0 Å². The Labute approximate surface area is 121 Å². The number of hydrogen-bond acceptors (Lipinski definition) is 2. The molecule has 0 unspecified atom stereocenters. The Bertz CT molecular complexity index is 825. The van der Waals surface area contributed by atoms with Gasteiger partial charge in [0.05, 0.1) is 0 Å². The first-order valence-corrected chi connectivity index (χ1v) is 6.55. The van der Waals surface area contributed by atoms with Gasteiger partial charge in [-0.05, 0) is 42.8 Å². The SMILES string of the molecule is Cc1cc(C(=O)Nc2cccc3cnccc23)ccc1F. The largest absolute Gasteiger partial charge is 0.321 e. The van der Waals surface area contributed by atoms with E-state index in [1.165, 1.54) is 18.2 Å². The van der Waals surface area contributed by atoms with E-state index in [0.29, 0.717) is 16.8 Å². The Morgan fingerprint density at radius 2 is 2.05 bits per heavy atom. The molecule has 2 aromatic carbocycles. The molecule has 0 bridgehead atoms. The predicted molar refractivity (Wildman–Crippen MR) is 80.8 cm³/mol. The molecule has 104 valence electrons. The van der Waals surface area contributed by atoms with Crippen LogP contribution < -0.4 is 5.32 Å². The fraction of sp³-hybridized carbons (Fsp3) is 0.0588. The summed E-state index contributed by atoms with van der Waals surface area (Å²) in [6, 6.07) is 11.8. The van der Waals surface area contributed by atoms with Crippen molar-refractivity contribution in [1.82, 2.24) is 4.98 Å². The molecule has 0 aliphatic heterocycles. The monoisotopic (exact) mass is 280 g/mol. The molecule has 1 aromatic heterocycles. The number of halogens is 1. The maximum absolute atomic E-state index is 13.3. The topological polar surface area (TPSA) is 42.0 Å². The first-order valence-electron chi connectivity index (χ1n) is 6.55. The van der Waals surface area contributed by atoms with Crippen LogP contribution in [0.4, 0.5) is 10.1 Å². The molecule has 0 radical (unpaired) electrons. The Balaban J connectivity index is 1.94. The van der Waals surface area contributed by atoms with Crippen molar-refractivity contribution in [1.29, 1.82) is 0 Å². The number of pyridine rings is 1. The molecule has 4 heteroatoms. The zero-order chi connectivity index (χ0) is 14.8. The van der Waals surface area contributed by atoms with E-state index in [4.69, 9.17) is 0 Å². The zero-order valence-electron chi connectivity index (χ0n) is 11.4. The van der Waals surface area contributed by atoms with Crippen molar-refractivity contribution in [2.75, 3.05) is 5.32 Å². The van der Waals surface area contributed by atoms with Gasteiger partial charge in [-0.3, -0.25) is 9.78 Å². The highest BCUT2D eigenvalue weighted by Gasteiger charge is 2.09. The maximum Gasteiger partial charge on any atom is 0.255 e. The van der Waals surface area contributed by atoms with Crippen molar-refractivity contribution < 1.29 is 9.18 Å². The van der Waals surface area contributed by atoms with Gasteiger partial charge < -0.3 is 5.32 Å². The van der Waals surface area contributed by atoms with Crippen LogP contribution in [-0.4, -0.2) is 10.9 Å². The van der Waals surface area contributed by atoms with Crippen LogP contribution in [0.25, 0.3) is 10.8 Å². The molecule has 3 nitrogen and oxygen atoms in total. The molecule has 0 fully saturated rings. The van der Waals surface area contributed by atoms with Crippen molar-refractivity contribution in [3.8, 4) is 0 Å². The number of rotatable bonds is 2. The Hall–Kier alpha value is -2.75. The fourth-order valence-electron chi connectivity index (χ4n) is 2.21. The van der Waals surface area contributed by atoms with Gasteiger partial charge >= 0.3 is 0 Å². The number of aryl methyl sites for hydroxylation is 1. The summed E-state index contributed by atoms with van der Waals surface area (Å²) in [5.41, 5.74) is 1.59. The number of benzene rings is 2. The van der Waals surface area contributed by atoms with Gasteiger partial charge in [-0.25, -0.2) is 4.39 Å². The Morgan fingerprint density at radius 3 is 2.86 bits per heavy atom. The predicted octanol–water partition coefficient (Wildman–Crippen LogP) is 3.93. The number of fused-ring (bicyclic) bond motifs is 1. The van der Waals surface area contributed by atoms with Gasteiger partial charge in [0.2, 0.25) is 0 Å². The van der Waals surface area contributed by atoms with Crippen molar-refractivity contribution >= 4 is 22.4 Å². The van der Waals surface area contributed by atoms with Crippen molar-refractivity contribution in [2.45, 2.75) is 6.92 Å². The van der Waals surface area contributed by atoms with Crippen LogP contribution >= 0.6 is 0 Å². The number of amides is 1. The molecule has 0 aliphatic carbocycles. The van der Waals surface area contributed by atoms with Gasteiger partial charge in [-0.15, -0.1) is 0 Å². The minimum absolute atomic E-state index is 0.262. The normalized spacial score (nSPS) is 10.6. The summed E-state index contributed by atoms with van der Waals surface area (Å²) in [4.78, 5) is 16.3. The maximum atomic E-state index is 13.3. The van der Waals surface area contributed by atoms with Gasteiger partial charge in [0.25, 0.3) is 5.91 Å². The third-order valence-electron chi connectivity index (χ3n) is 3.35. The molecular weight excluding hydrogens is 267 g/mol. The summed E-state index contributed by atoms with van der Waals surface area (Å²) in [6.45, 7) is 1.63. The zero-order valence-corrected chi connectivity index (χ0v) is 11.4. The lowest BCUT2D eigenvalue weighted by atomic mass is 10.1. The van der Waals surface area contributed by atoms with Crippen LogP contribution in [0, 0.1) is 12.7 Å². The molecule has 1 amide bonds. The summed E-state index contributed by atoms with van der Waals surface area (Å²) < 4.78 is 13.3. The summed E-state index contributed by atoms with van der Waals surface area (Å²) in [6.07, 6.45) is 3.42. The number of nitrogens with zero attached hydrogens (tertiary/aromatic N) is 1. The van der Waals surface area contributed by atoms with Crippen LogP contribution in [-0.2, 0) is 0 Å². The standard InChI is InChI=1S/C17H13FN2O/c1-11-9-12(5-6-15(11)18)17(21)20-16-4-2-3-13-10-19-8-7-14(13)16/h2-10H,1H3,(H,20,21). The number of aromatic nitrogens is 1. The van der Waals surface area contributed by atoms with Gasteiger partial charge in [0.15, 0.2) is 0 Å². The summed E-state index contributed by atoms with van der Waals surface area (Å²) >= 11 is 0. The second-order valence-corrected chi connectivity index (χ2v) is 4.82. The molecule has 0 saturated carbocycles. The lowest BCUT2D eigenvalue weighted by Gasteiger charge is -2.09. The molecule has 1 heterocycles. The highest BCUT2D eigenvalue weighted by molar-refractivity contribution is 6.09. The van der Waals surface area contributed by atoms with Gasteiger partial charge in [0.1, 0.15) is 5.82 Å². The number of carbonyl (C=O) groups is 1. The quantitative estimate of drug-likeness (QED) is 0.772. The van der Waals surface area contributed by atoms with E-state index in [2.05, 4.69) is 10.3 Å². The number of hydrogen-bond donors (Lipinski definition) is 1. The molecule has 21 heavy (non-hydrogen) atoms. The average Bonchev–Trinajstić information content (AvgIpc) is 2.50. The fourth-order valence-corrected chi connectivity index (χ4v) is 2.21. The van der Waals surface area contributed by atoms with E-state index >= 15 is 0 Å². The molecule has 0 spiro atoms. The van der Waals surface area contributed by atoms with Gasteiger partial charge in [-0.1, -0.05) is 12.1 Å². The van der Waals surface area contributed by atoms with Crippen LogP contribution in [0.15, 0.2) is 54.9 Å². The minimum Gasteiger partial charge on any atom is -0.321 e. The van der Waals surface area contributed by atoms with Gasteiger partial charge in [-0.2, -0.15) is 0 Å². The molecule has 3 aromatic rings. The van der Waals surface area contributed by atoms with Crippen molar-refractivity contribution in [3.05, 3.63) is 71.8 Å². The highest BCUT2D eigenvalue weighted by Crippen LogP contribution is 2.23. The van der Waals surface area contributed by atoms with Crippen LogP contribution in [0.3, 0.4) is 0 Å². The number of carbonyl (C=O) groups excluding carboxylic acids is 1. The third kappa shape index (κ3) is 2.60. The van der Waals surface area contributed by atoms with E-state index in [0.717, 1.165) is 10.8 Å². The van der Waals surface area contributed by atoms with Crippen molar-refractivity contribution in [2.24, 2.45) is 0 Å². The first-order chi connectivity index (χ1) is 10.1. The molecular formula is C17H13FN2O. The summed E-state index contributed by atoms with van der Waals surface area (Å²) in [5, 5.41) is 4.72. The number of nitrogens with one attached hydrogen (secondary N) is 1. The Morgan fingerprint density at radius 1 is 1.19 bits per heavy atom. The summed E-state index contributed by atoms with van der Waals surface area (Å²) in [5.74, 6) is -0.579. The molecule has 1 N–H and O–H groups in total. The lowest BCUT2D eigenvalue weighted by molar-refractivity contribution is 0.102. The van der Waals surface area contributed by atoms with E-state index < -0.39 is 0 Å². The second kappa shape index (κ2) is 5.32. The molecule has 3 rings (SSSR count). The number of anilines is 1. The molecule has 0 saturated heterocycles. The summed E-state index contributed by atoms with van der Waals surface area (Å²) in [7, 11) is 0. The molecule has 0 atom stereocenters. The highest BCUT2D eigenvalue weighted by atomic mass is 19.1. The van der Waals surface area contributed by atoms with Crippen LogP contribution in [0.5, 0.6) is 0 Å². The van der Waals surface area contributed by atoms with E-state index in [9.17, 15) is 9.18 Å². The van der Waals surface area contributed by atoms with E-state index in [1.807, 2.05) is 24.3 Å². The molecule has 0 aliphatic rings. The van der Waals surface area contributed by atoms with E-state index in [1.54, 1.807) is 19.3 Å². The van der Waals surface area contributed by atoms with Crippen molar-refractivity contribution in [3.63, 3.8) is 0 Å². The lowest BCUT2D eigenvalue weighted by Crippen LogP contribution is -2.12. The minimum atomic E-state index is -0.317. The van der Waals surface area contributed by atoms with Gasteiger partial charge in [0, 0.05) is 34.4 Å². The Kier molecular flexibility index (Phi) is 3.36. The average molecular weight is 280 g/mol. The van der Waals surface area contributed by atoms with Crippen LogP contribution in [0.1, 0.15) is 15.9 Å². The first kappa shape index (κ1) is 13.2. The smallest absolute Gasteiger partial charge is 0.255 e. The third-order valence-corrected chi connectivity index (χ3v) is 3.35.